The molecule has 1 aromatic carbocycles. The summed E-state index contributed by atoms with van der Waals surface area (Å²) in [6, 6.07) is 9.12. The number of nitrogens with zero attached hydrogens (tertiary/aromatic N) is 3. The minimum atomic E-state index is 0.405. The van der Waals surface area contributed by atoms with Gasteiger partial charge in [-0.3, -0.25) is 0 Å². The zero-order chi connectivity index (χ0) is 13.7. The molecule has 0 bridgehead atoms. The molecule has 0 amide bonds. The predicted molar refractivity (Wildman–Crippen MR) is 79.1 cm³/mol. The number of benzene rings is 1. The topological polar surface area (TPSA) is 42.7 Å². The Balaban J connectivity index is 1.93. The van der Waals surface area contributed by atoms with Gasteiger partial charge in [0.1, 0.15) is 12.2 Å². The van der Waals surface area contributed by atoms with Gasteiger partial charge in [-0.1, -0.05) is 19.1 Å². The van der Waals surface area contributed by atoms with Gasteiger partial charge in [0.05, 0.1) is 5.75 Å². The standard InChI is InChI=1S/C14H20N4S/c1-4-15-11(2)12-5-7-13(8-6-12)19-9-14-17-16-10-18(14)3/h5-8,10-11,15H,4,9H2,1-3H3. The van der Waals surface area contributed by atoms with Crippen molar-refractivity contribution in [2.24, 2.45) is 7.05 Å². The van der Waals surface area contributed by atoms with E-state index in [9.17, 15) is 0 Å². The molecule has 0 saturated heterocycles. The maximum Gasteiger partial charge on any atom is 0.142 e. The lowest BCUT2D eigenvalue weighted by Gasteiger charge is -2.12. The van der Waals surface area contributed by atoms with Gasteiger partial charge in [-0.15, -0.1) is 22.0 Å². The number of thioether (sulfide) groups is 1. The van der Waals surface area contributed by atoms with E-state index in [0.29, 0.717) is 6.04 Å². The Kier molecular flexibility index (Phi) is 4.99. The van der Waals surface area contributed by atoms with Gasteiger partial charge in [0.15, 0.2) is 0 Å². The Hall–Kier alpha value is -1.33. The molecular weight excluding hydrogens is 256 g/mol. The van der Waals surface area contributed by atoms with Gasteiger partial charge in [0.25, 0.3) is 0 Å². The van der Waals surface area contributed by atoms with Crippen LogP contribution in [0.15, 0.2) is 35.5 Å². The first-order valence-electron chi connectivity index (χ1n) is 6.49. The highest BCUT2D eigenvalue weighted by Crippen LogP contribution is 2.23. The smallest absolute Gasteiger partial charge is 0.142 e. The Labute approximate surface area is 118 Å². The molecule has 1 unspecified atom stereocenters. The third-order valence-electron chi connectivity index (χ3n) is 3.06. The van der Waals surface area contributed by atoms with E-state index >= 15 is 0 Å². The van der Waals surface area contributed by atoms with Crippen LogP contribution in [0.2, 0.25) is 0 Å². The van der Waals surface area contributed by atoms with Crippen molar-refractivity contribution in [2.75, 3.05) is 6.54 Å². The number of nitrogens with one attached hydrogen (secondary N) is 1. The van der Waals surface area contributed by atoms with Gasteiger partial charge in [-0.05, 0) is 31.2 Å². The van der Waals surface area contributed by atoms with Crippen LogP contribution >= 0.6 is 11.8 Å². The van der Waals surface area contributed by atoms with Crippen LogP contribution in [-0.4, -0.2) is 21.3 Å². The van der Waals surface area contributed by atoms with Gasteiger partial charge < -0.3 is 9.88 Å². The average Bonchev–Trinajstić information content (AvgIpc) is 2.83. The largest absolute Gasteiger partial charge is 0.320 e. The van der Waals surface area contributed by atoms with Crippen molar-refractivity contribution in [3.05, 3.63) is 42.0 Å². The van der Waals surface area contributed by atoms with Crippen LogP contribution in [0.5, 0.6) is 0 Å². The molecule has 1 heterocycles. The Morgan fingerprint density at radius 2 is 2.05 bits per heavy atom. The summed E-state index contributed by atoms with van der Waals surface area (Å²) in [5, 5.41) is 11.4. The third-order valence-corrected chi connectivity index (χ3v) is 4.07. The molecule has 2 aromatic rings. The van der Waals surface area contributed by atoms with Crippen LogP contribution in [0, 0.1) is 0 Å². The van der Waals surface area contributed by atoms with Crippen LogP contribution in [0.3, 0.4) is 0 Å². The molecule has 0 saturated carbocycles. The lowest BCUT2D eigenvalue weighted by atomic mass is 10.1. The number of rotatable bonds is 6. The van der Waals surface area contributed by atoms with Crippen molar-refractivity contribution in [1.29, 1.82) is 0 Å². The van der Waals surface area contributed by atoms with Crippen LogP contribution in [0.4, 0.5) is 0 Å². The summed E-state index contributed by atoms with van der Waals surface area (Å²) in [7, 11) is 1.97. The highest BCUT2D eigenvalue weighted by Gasteiger charge is 2.05. The second-order valence-corrected chi connectivity index (χ2v) is 5.54. The molecule has 5 heteroatoms. The maximum absolute atomic E-state index is 4.08. The first-order chi connectivity index (χ1) is 9.20. The van der Waals surface area contributed by atoms with Crippen LogP contribution in [-0.2, 0) is 12.8 Å². The van der Waals surface area contributed by atoms with E-state index in [2.05, 4.69) is 53.6 Å². The molecule has 0 aliphatic heterocycles. The van der Waals surface area contributed by atoms with E-state index in [-0.39, 0.29) is 0 Å². The van der Waals surface area contributed by atoms with E-state index < -0.39 is 0 Å². The predicted octanol–water partition coefficient (Wildman–Crippen LogP) is 2.78. The average molecular weight is 276 g/mol. The summed E-state index contributed by atoms with van der Waals surface area (Å²) < 4.78 is 1.95. The van der Waals surface area contributed by atoms with E-state index in [4.69, 9.17) is 0 Å². The van der Waals surface area contributed by atoms with E-state index in [0.717, 1.165) is 18.1 Å². The summed E-state index contributed by atoms with van der Waals surface area (Å²) >= 11 is 1.78. The van der Waals surface area contributed by atoms with Gasteiger partial charge in [-0.25, -0.2) is 0 Å². The first kappa shape index (κ1) is 14.1. The highest BCUT2D eigenvalue weighted by molar-refractivity contribution is 7.98. The summed E-state index contributed by atoms with van der Waals surface area (Å²) in [4.78, 5) is 1.26. The fourth-order valence-electron chi connectivity index (χ4n) is 1.86. The number of aryl methyl sites for hydroxylation is 1. The van der Waals surface area contributed by atoms with Gasteiger partial charge in [0, 0.05) is 18.0 Å². The van der Waals surface area contributed by atoms with E-state index in [1.165, 1.54) is 10.5 Å². The van der Waals surface area contributed by atoms with Crippen molar-refractivity contribution in [1.82, 2.24) is 20.1 Å². The van der Waals surface area contributed by atoms with Crippen molar-refractivity contribution >= 4 is 11.8 Å². The summed E-state index contributed by atoms with van der Waals surface area (Å²) in [5.41, 5.74) is 1.32. The molecule has 0 spiro atoms. The van der Waals surface area contributed by atoms with E-state index in [1.807, 2.05) is 11.6 Å². The molecular formula is C14H20N4S. The molecule has 0 aliphatic rings. The van der Waals surface area contributed by atoms with Crippen LogP contribution in [0.1, 0.15) is 31.3 Å². The second-order valence-electron chi connectivity index (χ2n) is 4.50. The zero-order valence-electron chi connectivity index (χ0n) is 11.6. The summed E-state index contributed by atoms with van der Waals surface area (Å²) in [6.07, 6.45) is 1.73. The van der Waals surface area contributed by atoms with Crippen molar-refractivity contribution < 1.29 is 0 Å². The SMILES string of the molecule is CCNC(C)c1ccc(SCc2nncn2C)cc1. The molecule has 0 aliphatic carbocycles. The van der Waals surface area contributed by atoms with Gasteiger partial charge in [-0.2, -0.15) is 0 Å². The third kappa shape index (κ3) is 3.81. The lowest BCUT2D eigenvalue weighted by Crippen LogP contribution is -2.17. The molecule has 1 N–H and O–H groups in total. The molecule has 0 radical (unpaired) electrons. The van der Waals surface area contributed by atoms with Crippen molar-refractivity contribution in [3.8, 4) is 0 Å². The van der Waals surface area contributed by atoms with Crippen LogP contribution in [0.25, 0.3) is 0 Å². The molecule has 4 nitrogen and oxygen atoms in total. The molecule has 1 aromatic heterocycles. The quantitative estimate of drug-likeness (QED) is 0.824. The fourth-order valence-corrected chi connectivity index (χ4v) is 2.75. The molecule has 102 valence electrons. The second kappa shape index (κ2) is 6.73. The number of hydrogen-bond acceptors (Lipinski definition) is 4. The first-order valence-corrected chi connectivity index (χ1v) is 7.48. The van der Waals surface area contributed by atoms with Crippen LogP contribution < -0.4 is 5.32 Å². The number of aromatic nitrogens is 3. The summed E-state index contributed by atoms with van der Waals surface area (Å²) in [5.74, 6) is 1.84. The maximum atomic E-state index is 4.08. The minimum Gasteiger partial charge on any atom is -0.320 e. The number of hydrogen-bond donors (Lipinski definition) is 1. The monoisotopic (exact) mass is 276 g/mol. The Morgan fingerprint density at radius 3 is 2.63 bits per heavy atom. The Morgan fingerprint density at radius 1 is 1.32 bits per heavy atom. The fraction of sp³-hybridized carbons (Fsp3) is 0.429. The van der Waals surface area contributed by atoms with E-state index in [1.54, 1.807) is 18.1 Å². The lowest BCUT2D eigenvalue weighted by molar-refractivity contribution is 0.598. The molecule has 19 heavy (non-hydrogen) atoms. The van der Waals surface area contributed by atoms with Gasteiger partial charge >= 0.3 is 0 Å². The highest BCUT2D eigenvalue weighted by atomic mass is 32.2. The van der Waals surface area contributed by atoms with Gasteiger partial charge in [0.2, 0.25) is 0 Å². The molecule has 2 rings (SSSR count). The summed E-state index contributed by atoms with van der Waals surface area (Å²) in [6.45, 7) is 5.30. The minimum absolute atomic E-state index is 0.405. The molecule has 0 fully saturated rings. The molecule has 1 atom stereocenters. The normalized spacial score (nSPS) is 12.6. The van der Waals surface area contributed by atoms with Crippen molar-refractivity contribution in [2.45, 2.75) is 30.5 Å². The zero-order valence-corrected chi connectivity index (χ0v) is 12.4. The Bertz CT molecular complexity index is 506. The van der Waals surface area contributed by atoms with Crippen molar-refractivity contribution in [3.63, 3.8) is 0 Å².